The molecule has 0 unspecified atom stereocenters. The Hall–Kier alpha value is -4.60. The third-order valence-electron chi connectivity index (χ3n) is 4.98. The van der Waals surface area contributed by atoms with Crippen molar-refractivity contribution in [2.24, 2.45) is 0 Å². The molecule has 0 aliphatic heterocycles. The number of nitrogens with one attached hydrogen (secondary N) is 1. The lowest BCUT2D eigenvalue weighted by molar-refractivity contribution is 0.215. The smallest absolute Gasteiger partial charge is 0.417 e. The molecule has 0 atom stereocenters. The van der Waals surface area contributed by atoms with Crippen LogP contribution in [0.3, 0.4) is 0 Å². The maximum atomic E-state index is 13.8. The van der Waals surface area contributed by atoms with Crippen LogP contribution in [0.4, 0.5) is 32.4 Å². The summed E-state index contributed by atoms with van der Waals surface area (Å²) in [5.41, 5.74) is 2.06. The maximum Gasteiger partial charge on any atom is 0.417 e. The fourth-order valence-electron chi connectivity index (χ4n) is 3.15. The van der Waals surface area contributed by atoms with E-state index in [2.05, 4.69) is 5.32 Å². The van der Waals surface area contributed by atoms with E-state index in [9.17, 15) is 26.7 Å². The summed E-state index contributed by atoms with van der Waals surface area (Å²) in [5, 5.41) is 2.44. The molecule has 0 radical (unpaired) electrons. The zero-order valence-corrected chi connectivity index (χ0v) is 18.5. The van der Waals surface area contributed by atoms with Crippen molar-refractivity contribution in [2.75, 3.05) is 12.4 Å². The lowest BCUT2D eigenvalue weighted by atomic mass is 10.1. The fourth-order valence-corrected chi connectivity index (χ4v) is 3.15. The first-order valence-electron chi connectivity index (χ1n) is 10.3. The van der Waals surface area contributed by atoms with E-state index in [1.807, 2.05) is 24.3 Å². The van der Waals surface area contributed by atoms with E-state index in [-0.39, 0.29) is 17.2 Å². The van der Waals surface area contributed by atoms with E-state index >= 15 is 0 Å². The van der Waals surface area contributed by atoms with E-state index < -0.39 is 40.9 Å². The van der Waals surface area contributed by atoms with Crippen molar-refractivity contribution in [1.29, 1.82) is 0 Å². The number of carbonyl (C=O) groups excluding carboxylic acids is 1. The van der Waals surface area contributed by atoms with Crippen molar-refractivity contribution < 1.29 is 41.0 Å². The Morgan fingerprint density at radius 3 is 1.56 bits per heavy atom. The number of ether oxygens (including phenoxy) is 3. The molecule has 0 bridgehead atoms. The topological polar surface area (TPSA) is 56.8 Å². The van der Waals surface area contributed by atoms with Gasteiger partial charge in [-0.3, -0.25) is 5.32 Å². The predicted molar refractivity (Wildman–Crippen MR) is 121 cm³/mol. The summed E-state index contributed by atoms with van der Waals surface area (Å²) in [7, 11) is 1.58. The molecule has 0 aliphatic carbocycles. The summed E-state index contributed by atoms with van der Waals surface area (Å²) in [4.78, 5) is 12.2. The molecule has 0 aromatic heterocycles. The second-order valence-electron chi connectivity index (χ2n) is 7.29. The van der Waals surface area contributed by atoms with Crippen LogP contribution in [0.5, 0.6) is 23.0 Å². The quantitative estimate of drug-likeness (QED) is 0.169. The summed E-state index contributed by atoms with van der Waals surface area (Å²) in [6.45, 7) is 0. The molecule has 4 aromatic rings. The predicted octanol–water partition coefficient (Wildman–Crippen LogP) is 7.46. The number of methoxy groups -OCH3 is 1. The minimum atomic E-state index is -2.29. The van der Waals surface area contributed by atoms with Gasteiger partial charge in [0.05, 0.1) is 7.11 Å². The third-order valence-corrected chi connectivity index (χ3v) is 4.98. The largest absolute Gasteiger partial charge is 0.497 e. The molecule has 10 heteroatoms. The molecule has 0 aliphatic rings. The molecule has 5 nitrogen and oxygen atoms in total. The Morgan fingerprint density at radius 2 is 1.06 bits per heavy atom. The van der Waals surface area contributed by atoms with Gasteiger partial charge in [0, 0.05) is 5.69 Å². The number of rotatable bonds is 6. The molecule has 1 N–H and O–H groups in total. The molecule has 1 amide bonds. The highest BCUT2D eigenvalue weighted by molar-refractivity contribution is 5.86. The monoisotopic (exact) mass is 501 g/mol. The average Bonchev–Trinajstić information content (AvgIpc) is 2.90. The van der Waals surface area contributed by atoms with Crippen molar-refractivity contribution >= 4 is 11.8 Å². The van der Waals surface area contributed by atoms with Crippen LogP contribution in [0.1, 0.15) is 0 Å². The lowest BCUT2D eigenvalue weighted by Gasteiger charge is -2.11. The number of halogens is 5. The van der Waals surface area contributed by atoms with E-state index in [0.29, 0.717) is 0 Å². The number of hydrogen-bond acceptors (Lipinski definition) is 4. The fraction of sp³-hybridized carbons (Fsp3) is 0.0385. The number of carbonyl (C=O) groups is 1. The van der Waals surface area contributed by atoms with Gasteiger partial charge in [-0.15, -0.1) is 0 Å². The van der Waals surface area contributed by atoms with Crippen LogP contribution in [0.2, 0.25) is 0 Å². The number of hydrogen-bond donors (Lipinski definition) is 1. The number of benzene rings is 4. The minimum absolute atomic E-state index is 0.222. The van der Waals surface area contributed by atoms with Crippen LogP contribution >= 0.6 is 0 Å². The van der Waals surface area contributed by atoms with Crippen LogP contribution in [0, 0.1) is 29.1 Å². The SMILES string of the molecule is COc1ccc(-c2ccc(OC(=O)Nc3ccc(Oc4c(F)c(F)c(F)c(F)c4F)cc3)cc2)cc1. The zero-order chi connectivity index (χ0) is 25.8. The third kappa shape index (κ3) is 5.22. The van der Waals surface area contributed by atoms with Gasteiger partial charge >= 0.3 is 6.09 Å². The molecule has 0 fully saturated rings. The summed E-state index contributed by atoms with van der Waals surface area (Å²) in [5.74, 6) is -11.4. The van der Waals surface area contributed by atoms with Gasteiger partial charge in [-0.25, -0.2) is 18.0 Å². The van der Waals surface area contributed by atoms with Gasteiger partial charge < -0.3 is 14.2 Å². The van der Waals surface area contributed by atoms with Crippen LogP contribution in [0.15, 0.2) is 72.8 Å². The maximum absolute atomic E-state index is 13.8. The highest BCUT2D eigenvalue weighted by Crippen LogP contribution is 2.33. The second-order valence-corrected chi connectivity index (χ2v) is 7.29. The van der Waals surface area contributed by atoms with Gasteiger partial charge in [0.25, 0.3) is 0 Å². The normalized spacial score (nSPS) is 10.6. The lowest BCUT2D eigenvalue weighted by Crippen LogP contribution is -2.16. The van der Waals surface area contributed by atoms with E-state index in [0.717, 1.165) is 29.0 Å². The van der Waals surface area contributed by atoms with Crippen molar-refractivity contribution in [3.8, 4) is 34.1 Å². The van der Waals surface area contributed by atoms with E-state index in [4.69, 9.17) is 14.2 Å². The van der Waals surface area contributed by atoms with Crippen molar-refractivity contribution in [1.82, 2.24) is 0 Å². The molecule has 4 rings (SSSR count). The van der Waals surface area contributed by atoms with E-state index in [1.54, 1.807) is 31.4 Å². The number of amides is 1. The standard InChI is InChI=1S/C26H16F5NO4/c1-34-17-8-2-14(3-9-17)15-4-10-19(11-5-15)36-26(33)32-16-6-12-18(13-7-16)35-25-23(30)21(28)20(27)22(29)24(25)31/h2-13H,1H3,(H,32,33). The second kappa shape index (κ2) is 10.3. The van der Waals surface area contributed by atoms with Gasteiger partial charge in [0.1, 0.15) is 17.2 Å². The highest BCUT2D eigenvalue weighted by Gasteiger charge is 2.27. The molecule has 0 heterocycles. The van der Waals surface area contributed by atoms with Gasteiger partial charge in [0.2, 0.25) is 34.8 Å². The minimum Gasteiger partial charge on any atom is -0.497 e. The van der Waals surface area contributed by atoms with Gasteiger partial charge in [-0.05, 0) is 59.7 Å². The zero-order valence-electron chi connectivity index (χ0n) is 18.5. The van der Waals surface area contributed by atoms with Crippen LogP contribution in [0.25, 0.3) is 11.1 Å². The van der Waals surface area contributed by atoms with Crippen molar-refractivity contribution in [3.05, 3.63) is 102 Å². The molecule has 36 heavy (non-hydrogen) atoms. The molecule has 4 aromatic carbocycles. The molecule has 184 valence electrons. The van der Waals surface area contributed by atoms with Gasteiger partial charge in [-0.2, -0.15) is 8.78 Å². The van der Waals surface area contributed by atoms with Crippen LogP contribution < -0.4 is 19.5 Å². The Bertz CT molecular complexity index is 1360. The summed E-state index contributed by atoms with van der Waals surface area (Å²) >= 11 is 0. The van der Waals surface area contributed by atoms with Crippen LogP contribution in [-0.2, 0) is 0 Å². The van der Waals surface area contributed by atoms with Crippen molar-refractivity contribution in [3.63, 3.8) is 0 Å². The first-order valence-corrected chi connectivity index (χ1v) is 10.3. The van der Waals surface area contributed by atoms with Crippen LogP contribution in [-0.4, -0.2) is 13.2 Å². The van der Waals surface area contributed by atoms with Gasteiger partial charge in [0.15, 0.2) is 0 Å². The number of anilines is 1. The Kier molecular flexibility index (Phi) is 7.05. The Labute approximate surface area is 201 Å². The molecular weight excluding hydrogens is 485 g/mol. The summed E-state index contributed by atoms with van der Waals surface area (Å²) < 4.78 is 82.5. The Balaban J connectivity index is 1.37. The summed E-state index contributed by atoms with van der Waals surface area (Å²) in [6, 6.07) is 19.1. The highest BCUT2D eigenvalue weighted by atomic mass is 19.2. The summed E-state index contributed by atoms with van der Waals surface area (Å²) in [6.07, 6.45) is -0.819. The first kappa shape index (κ1) is 24.5. The molecule has 0 spiro atoms. The Morgan fingerprint density at radius 1 is 0.611 bits per heavy atom. The van der Waals surface area contributed by atoms with Crippen molar-refractivity contribution in [2.45, 2.75) is 0 Å². The molecular formula is C26H16F5NO4. The van der Waals surface area contributed by atoms with Gasteiger partial charge in [-0.1, -0.05) is 24.3 Å². The van der Waals surface area contributed by atoms with E-state index in [1.165, 1.54) is 12.1 Å². The molecule has 0 saturated heterocycles. The molecule has 0 saturated carbocycles. The average molecular weight is 501 g/mol. The first-order chi connectivity index (χ1) is 17.3.